The van der Waals surface area contributed by atoms with E-state index in [2.05, 4.69) is 22.6 Å². The molecule has 1 aromatic rings. The fourth-order valence-corrected chi connectivity index (χ4v) is 2.09. The van der Waals surface area contributed by atoms with Gasteiger partial charge in [0.15, 0.2) is 0 Å². The summed E-state index contributed by atoms with van der Waals surface area (Å²) in [4.78, 5) is 0. The van der Waals surface area contributed by atoms with E-state index in [0.29, 0.717) is 12.0 Å². The third-order valence-corrected chi connectivity index (χ3v) is 4.02. The quantitative estimate of drug-likeness (QED) is 0.534. The van der Waals surface area contributed by atoms with Crippen LogP contribution in [0.1, 0.15) is 16.7 Å². The number of hydrogen-bond donors (Lipinski definition) is 3. The molecular formula is C9H13BINO2. The van der Waals surface area contributed by atoms with Crippen molar-refractivity contribution in [3.8, 4) is 0 Å². The first-order valence-corrected chi connectivity index (χ1v) is 5.41. The van der Waals surface area contributed by atoms with Gasteiger partial charge in [-0.05, 0) is 58.6 Å². The van der Waals surface area contributed by atoms with Crippen LogP contribution in [-0.4, -0.2) is 17.2 Å². The molecule has 5 heteroatoms. The van der Waals surface area contributed by atoms with Crippen molar-refractivity contribution >= 4 is 35.2 Å². The van der Waals surface area contributed by atoms with Crippen molar-refractivity contribution in [1.82, 2.24) is 0 Å². The van der Waals surface area contributed by atoms with Gasteiger partial charge < -0.3 is 15.8 Å². The maximum Gasteiger partial charge on any atom is 0.488 e. The molecule has 4 N–H and O–H groups in total. The van der Waals surface area contributed by atoms with Crippen LogP contribution >= 0.6 is 22.6 Å². The topological polar surface area (TPSA) is 66.5 Å². The third-order valence-electron chi connectivity index (χ3n) is 2.40. The standard InChI is InChI=1S/C9H13BINO2/c1-5-7(4-12)3-8(10(13)14)6(2)9(5)11/h3,13-14H,4,12H2,1-2H3. The van der Waals surface area contributed by atoms with Crippen LogP contribution in [0.25, 0.3) is 0 Å². The molecule has 0 unspecified atom stereocenters. The Morgan fingerprint density at radius 2 is 1.93 bits per heavy atom. The molecule has 3 nitrogen and oxygen atoms in total. The third kappa shape index (κ3) is 2.11. The molecular weight excluding hydrogens is 292 g/mol. The monoisotopic (exact) mass is 305 g/mol. The summed E-state index contributed by atoms with van der Waals surface area (Å²) in [6.07, 6.45) is 0. The summed E-state index contributed by atoms with van der Waals surface area (Å²) in [5.74, 6) is 0. The largest absolute Gasteiger partial charge is 0.488 e. The number of rotatable bonds is 2. The summed E-state index contributed by atoms with van der Waals surface area (Å²) in [6, 6.07) is 1.76. The minimum Gasteiger partial charge on any atom is -0.423 e. The highest BCUT2D eigenvalue weighted by atomic mass is 127. The lowest BCUT2D eigenvalue weighted by Gasteiger charge is -2.13. The zero-order valence-electron chi connectivity index (χ0n) is 8.21. The minimum absolute atomic E-state index is 0.418. The lowest BCUT2D eigenvalue weighted by molar-refractivity contribution is 0.425. The van der Waals surface area contributed by atoms with E-state index in [4.69, 9.17) is 15.8 Å². The molecule has 0 fully saturated rings. The van der Waals surface area contributed by atoms with Crippen LogP contribution in [0.3, 0.4) is 0 Å². The first kappa shape index (κ1) is 12.0. The Balaban J connectivity index is 3.40. The molecule has 14 heavy (non-hydrogen) atoms. The molecule has 1 rings (SSSR count). The molecule has 0 aliphatic rings. The summed E-state index contributed by atoms with van der Waals surface area (Å²) in [6.45, 7) is 4.29. The van der Waals surface area contributed by atoms with Gasteiger partial charge in [-0.25, -0.2) is 0 Å². The Morgan fingerprint density at radius 1 is 1.36 bits per heavy atom. The van der Waals surface area contributed by atoms with Crippen molar-refractivity contribution in [3.05, 3.63) is 26.3 Å². The second kappa shape index (κ2) is 4.61. The number of nitrogens with two attached hydrogens (primary N) is 1. The molecule has 0 saturated carbocycles. The lowest BCUT2D eigenvalue weighted by atomic mass is 9.76. The first-order chi connectivity index (χ1) is 6.49. The second-order valence-corrected chi connectivity index (χ2v) is 4.35. The highest BCUT2D eigenvalue weighted by Gasteiger charge is 2.18. The molecule has 0 spiro atoms. The van der Waals surface area contributed by atoms with Gasteiger partial charge in [0.2, 0.25) is 0 Å². The zero-order chi connectivity index (χ0) is 10.9. The van der Waals surface area contributed by atoms with E-state index in [0.717, 1.165) is 20.3 Å². The predicted molar refractivity (Wildman–Crippen MR) is 66.4 cm³/mol. The fraction of sp³-hybridized carbons (Fsp3) is 0.333. The van der Waals surface area contributed by atoms with Crippen molar-refractivity contribution in [3.63, 3.8) is 0 Å². The van der Waals surface area contributed by atoms with Crippen LogP contribution in [0.15, 0.2) is 6.07 Å². The molecule has 76 valence electrons. The molecule has 0 saturated heterocycles. The van der Waals surface area contributed by atoms with Gasteiger partial charge in [-0.3, -0.25) is 0 Å². The summed E-state index contributed by atoms with van der Waals surface area (Å²) in [7, 11) is -1.42. The molecule has 0 atom stereocenters. The molecule has 0 aromatic heterocycles. The number of halogens is 1. The predicted octanol–water partition coefficient (Wildman–Crippen LogP) is 0.0465. The Morgan fingerprint density at radius 3 is 2.36 bits per heavy atom. The maximum absolute atomic E-state index is 9.15. The van der Waals surface area contributed by atoms with Crippen LogP contribution < -0.4 is 11.2 Å². The Kier molecular flexibility index (Phi) is 3.94. The van der Waals surface area contributed by atoms with Gasteiger partial charge in [0.05, 0.1) is 0 Å². The summed E-state index contributed by atoms with van der Waals surface area (Å²) in [5, 5.41) is 18.3. The van der Waals surface area contributed by atoms with Crippen molar-refractivity contribution in [2.75, 3.05) is 0 Å². The smallest absolute Gasteiger partial charge is 0.423 e. The van der Waals surface area contributed by atoms with Gasteiger partial charge in [0, 0.05) is 10.1 Å². The molecule has 0 bridgehead atoms. The van der Waals surface area contributed by atoms with Gasteiger partial charge >= 0.3 is 7.12 Å². The van der Waals surface area contributed by atoms with Crippen LogP contribution in [0.2, 0.25) is 0 Å². The van der Waals surface area contributed by atoms with Crippen molar-refractivity contribution in [2.24, 2.45) is 5.73 Å². The summed E-state index contributed by atoms with van der Waals surface area (Å²) in [5.41, 5.74) is 9.11. The summed E-state index contributed by atoms with van der Waals surface area (Å²) < 4.78 is 1.05. The molecule has 0 amide bonds. The van der Waals surface area contributed by atoms with Crippen LogP contribution in [0.4, 0.5) is 0 Å². The van der Waals surface area contributed by atoms with Crippen LogP contribution in [0, 0.1) is 17.4 Å². The zero-order valence-corrected chi connectivity index (χ0v) is 10.4. The van der Waals surface area contributed by atoms with E-state index in [9.17, 15) is 0 Å². The van der Waals surface area contributed by atoms with Gasteiger partial charge in [-0.1, -0.05) is 6.07 Å². The van der Waals surface area contributed by atoms with Gasteiger partial charge in [-0.15, -0.1) is 0 Å². The number of benzene rings is 1. The second-order valence-electron chi connectivity index (χ2n) is 3.27. The van der Waals surface area contributed by atoms with Crippen molar-refractivity contribution in [1.29, 1.82) is 0 Å². The normalized spacial score (nSPS) is 10.4. The van der Waals surface area contributed by atoms with E-state index in [-0.39, 0.29) is 0 Å². The van der Waals surface area contributed by atoms with E-state index in [1.807, 2.05) is 13.8 Å². The molecule has 1 aromatic carbocycles. The molecule has 0 radical (unpaired) electrons. The Labute approximate surface area is 97.6 Å². The van der Waals surface area contributed by atoms with Gasteiger partial charge in [0.25, 0.3) is 0 Å². The van der Waals surface area contributed by atoms with E-state index >= 15 is 0 Å². The highest BCUT2D eigenvalue weighted by molar-refractivity contribution is 14.1. The van der Waals surface area contributed by atoms with Crippen LogP contribution in [-0.2, 0) is 6.54 Å². The fourth-order valence-electron chi connectivity index (χ4n) is 1.43. The van der Waals surface area contributed by atoms with Crippen LogP contribution in [0.5, 0.6) is 0 Å². The highest BCUT2D eigenvalue weighted by Crippen LogP contribution is 2.18. The minimum atomic E-state index is -1.42. The van der Waals surface area contributed by atoms with Crippen molar-refractivity contribution < 1.29 is 10.0 Å². The average molecular weight is 305 g/mol. The van der Waals surface area contributed by atoms with Crippen molar-refractivity contribution in [2.45, 2.75) is 20.4 Å². The lowest BCUT2D eigenvalue weighted by Crippen LogP contribution is -2.33. The van der Waals surface area contributed by atoms with Gasteiger partial charge in [-0.2, -0.15) is 0 Å². The Hall–Kier alpha value is -0.105. The average Bonchev–Trinajstić information content (AvgIpc) is 2.14. The first-order valence-electron chi connectivity index (χ1n) is 4.33. The molecule has 0 heterocycles. The SMILES string of the molecule is Cc1c(CN)cc(B(O)O)c(C)c1I. The molecule has 0 aliphatic carbocycles. The van der Waals surface area contributed by atoms with Gasteiger partial charge in [0.1, 0.15) is 0 Å². The number of hydrogen-bond acceptors (Lipinski definition) is 3. The molecule has 0 aliphatic heterocycles. The van der Waals surface area contributed by atoms with E-state index in [1.165, 1.54) is 0 Å². The van der Waals surface area contributed by atoms with E-state index in [1.54, 1.807) is 6.07 Å². The Bertz CT molecular complexity index is 355. The summed E-state index contributed by atoms with van der Waals surface area (Å²) >= 11 is 2.20. The van der Waals surface area contributed by atoms with E-state index < -0.39 is 7.12 Å². The maximum atomic E-state index is 9.15.